The molecule has 0 bridgehead atoms. The van der Waals surface area contributed by atoms with Crippen molar-refractivity contribution in [3.63, 3.8) is 0 Å². The Bertz CT molecular complexity index is 856. The molecule has 0 radical (unpaired) electrons. The number of hydrogen-bond acceptors (Lipinski definition) is 5. The summed E-state index contributed by atoms with van der Waals surface area (Å²) in [4.78, 5) is 28.7. The summed E-state index contributed by atoms with van der Waals surface area (Å²) in [6.45, 7) is 5.03. The van der Waals surface area contributed by atoms with E-state index >= 15 is 0 Å². The van der Waals surface area contributed by atoms with Gasteiger partial charge >= 0.3 is 6.09 Å². The van der Waals surface area contributed by atoms with Crippen LogP contribution >= 0.6 is 0 Å². The number of ether oxygens (including phenoxy) is 1. The summed E-state index contributed by atoms with van der Waals surface area (Å²) in [6.07, 6.45) is 4.36. The molecule has 1 saturated carbocycles. The van der Waals surface area contributed by atoms with Gasteiger partial charge in [-0.1, -0.05) is 6.92 Å². The zero-order valence-electron chi connectivity index (χ0n) is 17.7. The molecule has 30 heavy (non-hydrogen) atoms. The fourth-order valence-electron chi connectivity index (χ4n) is 3.99. The Kier molecular flexibility index (Phi) is 7.23. The number of rotatable bonds is 6. The molecule has 1 saturated heterocycles. The second kappa shape index (κ2) is 9.68. The van der Waals surface area contributed by atoms with Crippen molar-refractivity contribution >= 4 is 27.7 Å². The van der Waals surface area contributed by atoms with Gasteiger partial charge in [0.1, 0.15) is 6.10 Å². The Balaban J connectivity index is 0.00000341. The molecule has 3 rings (SSSR count). The molecule has 1 aromatic rings. The van der Waals surface area contributed by atoms with E-state index in [0.717, 1.165) is 25.7 Å². The number of piperazine rings is 1. The highest BCUT2D eigenvalue weighted by Crippen LogP contribution is 2.23. The first-order valence-corrected chi connectivity index (χ1v) is 12.3. The molecule has 1 atom stereocenters. The van der Waals surface area contributed by atoms with Crippen LogP contribution in [0.25, 0.3) is 0 Å². The summed E-state index contributed by atoms with van der Waals surface area (Å²) < 4.78 is 31.8. The van der Waals surface area contributed by atoms with E-state index in [1.165, 1.54) is 0 Å². The third kappa shape index (κ3) is 5.65. The monoisotopic (exact) mass is 439 g/mol. The van der Waals surface area contributed by atoms with E-state index in [1.54, 1.807) is 41.0 Å². The summed E-state index contributed by atoms with van der Waals surface area (Å²) in [5, 5.41) is 0. The van der Waals surface area contributed by atoms with Gasteiger partial charge in [-0.3, -0.25) is 9.52 Å². The van der Waals surface area contributed by atoms with Crippen molar-refractivity contribution in [1.82, 2.24) is 9.80 Å². The van der Waals surface area contributed by atoms with Crippen molar-refractivity contribution in [1.29, 1.82) is 0 Å². The summed E-state index contributed by atoms with van der Waals surface area (Å²) in [5.41, 5.74) is 0.926. The normalized spacial score (nSPS) is 20.3. The van der Waals surface area contributed by atoms with Crippen LogP contribution in [0.2, 0.25) is 0 Å². The molecule has 1 aromatic carbocycles. The molecule has 0 unspecified atom stereocenters. The van der Waals surface area contributed by atoms with Crippen LogP contribution in [0.3, 0.4) is 0 Å². The Morgan fingerprint density at radius 3 is 2.43 bits per heavy atom. The molecule has 1 heterocycles. The van der Waals surface area contributed by atoms with Gasteiger partial charge in [0.15, 0.2) is 0 Å². The highest BCUT2D eigenvalue weighted by Gasteiger charge is 2.32. The Labute approximate surface area is 180 Å². The summed E-state index contributed by atoms with van der Waals surface area (Å²) in [7, 11) is -3.36. The van der Waals surface area contributed by atoms with Crippen LogP contribution in [-0.4, -0.2) is 67.8 Å². The lowest BCUT2D eigenvalue weighted by molar-refractivity contribution is 0.0295. The minimum absolute atomic E-state index is 0. The van der Waals surface area contributed by atoms with E-state index in [9.17, 15) is 18.0 Å². The number of carbonyl (C=O) groups is 2. The SMILES string of the molecule is CCCS(=O)(=O)Nc1ccc(C(=O)N2CCN(C(=O)OC3CCCC3)C[C@H]2C)cc1.[HH]. The molecule has 8 nitrogen and oxygen atoms in total. The van der Waals surface area contributed by atoms with Crippen molar-refractivity contribution in [2.24, 2.45) is 0 Å². The lowest BCUT2D eigenvalue weighted by atomic mass is 10.1. The van der Waals surface area contributed by atoms with Gasteiger partial charge in [0.05, 0.1) is 5.75 Å². The molecular weight excluding hydrogens is 406 g/mol. The predicted molar refractivity (Wildman–Crippen MR) is 117 cm³/mol. The molecule has 2 fully saturated rings. The molecule has 168 valence electrons. The number of anilines is 1. The number of nitrogens with one attached hydrogen (secondary N) is 1. The van der Waals surface area contributed by atoms with Gasteiger partial charge in [-0.25, -0.2) is 13.2 Å². The summed E-state index contributed by atoms with van der Waals surface area (Å²) >= 11 is 0. The van der Waals surface area contributed by atoms with E-state index in [-0.39, 0.29) is 31.3 Å². The van der Waals surface area contributed by atoms with E-state index in [1.807, 2.05) is 6.92 Å². The average Bonchev–Trinajstić information content (AvgIpc) is 3.20. The van der Waals surface area contributed by atoms with Crippen LogP contribution in [-0.2, 0) is 14.8 Å². The van der Waals surface area contributed by atoms with Gasteiger partial charge < -0.3 is 14.5 Å². The van der Waals surface area contributed by atoms with Crippen LogP contribution in [0.1, 0.15) is 57.7 Å². The largest absolute Gasteiger partial charge is 0.446 e. The molecule has 2 amide bonds. The third-order valence-electron chi connectivity index (χ3n) is 5.59. The van der Waals surface area contributed by atoms with Gasteiger partial charge in [-0.05, 0) is 63.3 Å². The minimum Gasteiger partial charge on any atom is -0.446 e. The van der Waals surface area contributed by atoms with Gasteiger partial charge in [-0.2, -0.15) is 0 Å². The first-order valence-electron chi connectivity index (χ1n) is 10.7. The quantitative estimate of drug-likeness (QED) is 0.734. The molecule has 0 spiro atoms. The standard InChI is InChI=1S/C21H31N3O5S.H2/c1-3-14-30(27,28)22-18-10-8-17(9-11-18)20(25)24-13-12-23(15-16(24)2)21(26)29-19-6-4-5-7-19;/h8-11,16,19,22H,3-7,12-15H2,1-2H3;1H/t16-;/m1./s1. The van der Waals surface area contributed by atoms with Gasteiger partial charge in [0.2, 0.25) is 10.0 Å². The fourth-order valence-corrected chi connectivity index (χ4v) is 5.13. The average molecular weight is 440 g/mol. The summed E-state index contributed by atoms with van der Waals surface area (Å²) in [6, 6.07) is 6.31. The maximum atomic E-state index is 12.9. The van der Waals surface area contributed by atoms with Crippen molar-refractivity contribution < 1.29 is 24.2 Å². The van der Waals surface area contributed by atoms with Crippen molar-refractivity contribution in [3.8, 4) is 0 Å². The number of benzene rings is 1. The topological polar surface area (TPSA) is 96.0 Å². The van der Waals surface area contributed by atoms with E-state index in [0.29, 0.717) is 37.3 Å². The zero-order valence-corrected chi connectivity index (χ0v) is 18.5. The Morgan fingerprint density at radius 2 is 1.83 bits per heavy atom. The molecular formula is C21H33N3O5S. The van der Waals surface area contributed by atoms with Crippen molar-refractivity contribution in [2.45, 2.75) is 58.1 Å². The number of carbonyl (C=O) groups excluding carboxylic acids is 2. The second-order valence-electron chi connectivity index (χ2n) is 8.08. The van der Waals surface area contributed by atoms with Crippen molar-refractivity contribution in [2.75, 3.05) is 30.1 Å². The molecule has 0 aromatic heterocycles. The minimum atomic E-state index is -3.36. The molecule has 2 aliphatic rings. The number of amides is 2. The Morgan fingerprint density at radius 1 is 1.17 bits per heavy atom. The smallest absolute Gasteiger partial charge is 0.410 e. The Hall–Kier alpha value is -2.29. The molecule has 1 N–H and O–H groups in total. The van der Waals surface area contributed by atoms with Gasteiger partial charge in [0.25, 0.3) is 5.91 Å². The highest BCUT2D eigenvalue weighted by molar-refractivity contribution is 7.92. The lowest BCUT2D eigenvalue weighted by Crippen LogP contribution is -2.55. The third-order valence-corrected chi connectivity index (χ3v) is 7.09. The maximum absolute atomic E-state index is 12.9. The van der Waals surface area contributed by atoms with Crippen LogP contribution in [0.5, 0.6) is 0 Å². The first kappa shape index (κ1) is 22.4. The van der Waals surface area contributed by atoms with Gasteiger partial charge in [0, 0.05) is 38.4 Å². The van der Waals surface area contributed by atoms with E-state index in [4.69, 9.17) is 4.74 Å². The molecule has 1 aliphatic carbocycles. The highest BCUT2D eigenvalue weighted by atomic mass is 32.2. The predicted octanol–water partition coefficient (Wildman–Crippen LogP) is 3.31. The molecule has 9 heteroatoms. The van der Waals surface area contributed by atoms with Crippen LogP contribution in [0.4, 0.5) is 10.5 Å². The van der Waals surface area contributed by atoms with Crippen LogP contribution < -0.4 is 4.72 Å². The van der Waals surface area contributed by atoms with Crippen LogP contribution in [0.15, 0.2) is 24.3 Å². The van der Waals surface area contributed by atoms with Gasteiger partial charge in [-0.15, -0.1) is 0 Å². The number of hydrogen-bond donors (Lipinski definition) is 1. The van der Waals surface area contributed by atoms with E-state index in [2.05, 4.69) is 4.72 Å². The van der Waals surface area contributed by atoms with E-state index < -0.39 is 10.0 Å². The lowest BCUT2D eigenvalue weighted by Gasteiger charge is -2.39. The fraction of sp³-hybridized carbons (Fsp3) is 0.619. The van der Waals surface area contributed by atoms with Crippen molar-refractivity contribution in [3.05, 3.63) is 29.8 Å². The number of sulfonamides is 1. The zero-order chi connectivity index (χ0) is 21.7. The number of nitrogens with zero attached hydrogens (tertiary/aromatic N) is 2. The summed E-state index contributed by atoms with van der Waals surface area (Å²) in [5.74, 6) is -0.0761. The van der Waals surface area contributed by atoms with Crippen LogP contribution in [0, 0.1) is 0 Å². The second-order valence-corrected chi connectivity index (χ2v) is 9.92. The maximum Gasteiger partial charge on any atom is 0.410 e. The first-order chi connectivity index (χ1) is 14.3. The molecule has 1 aliphatic heterocycles.